The number of esters is 1. The van der Waals surface area contributed by atoms with Crippen LogP contribution >= 0.6 is 0 Å². The van der Waals surface area contributed by atoms with Crippen LogP contribution in [0.1, 0.15) is 139 Å². The Bertz CT molecular complexity index is 3130. The van der Waals surface area contributed by atoms with Crippen molar-refractivity contribution in [1.29, 1.82) is 0 Å². The Morgan fingerprint density at radius 2 is 1.02 bits per heavy atom. The van der Waals surface area contributed by atoms with Gasteiger partial charge in [0.1, 0.15) is 17.6 Å². The van der Waals surface area contributed by atoms with Gasteiger partial charge >= 0.3 is 24.3 Å². The molecule has 5 aromatic carbocycles. The second-order valence-electron chi connectivity index (χ2n) is 19.8. The molecule has 81 heavy (non-hydrogen) atoms. The summed E-state index contributed by atoms with van der Waals surface area (Å²) in [7, 11) is 1.29. The predicted molar refractivity (Wildman–Crippen MR) is 293 cm³/mol. The minimum atomic E-state index is -4.41. The molecule has 0 fully saturated rings. The van der Waals surface area contributed by atoms with Crippen molar-refractivity contribution in [3.63, 3.8) is 0 Å². The average Bonchev–Trinajstić information content (AvgIpc) is 3.46. The Hall–Kier alpha value is -8.61. The first-order chi connectivity index (χ1) is 38.5. The van der Waals surface area contributed by atoms with Crippen LogP contribution in [0.5, 0.6) is 11.5 Å². The number of nitrogens with one attached hydrogen (secondary N) is 2. The molecule has 0 aliphatic rings. The first-order valence-electron chi connectivity index (χ1n) is 26.1. The summed E-state index contributed by atoms with van der Waals surface area (Å²) in [5, 5.41) is 14.0. The van der Waals surface area contributed by atoms with Gasteiger partial charge in [0, 0.05) is 65.1 Å². The Kier molecular flexibility index (Phi) is 21.7. The van der Waals surface area contributed by atoms with Gasteiger partial charge in [0.15, 0.2) is 11.9 Å². The van der Waals surface area contributed by atoms with Crippen molar-refractivity contribution in [3.8, 4) is 34.1 Å². The van der Waals surface area contributed by atoms with Crippen molar-refractivity contribution in [1.82, 2.24) is 25.6 Å². The molecule has 0 radical (unpaired) electrons. The lowest BCUT2D eigenvalue weighted by atomic mass is 9.86. The normalized spacial score (nSPS) is 12.2. The number of methoxy groups -OCH3 is 1. The number of hydrogen-bond acceptors (Lipinski definition) is 10. The molecule has 2 amide bonds. The lowest BCUT2D eigenvalue weighted by molar-refractivity contribution is -0.140. The summed E-state index contributed by atoms with van der Waals surface area (Å²) < 4.78 is 94.7. The van der Waals surface area contributed by atoms with E-state index in [0.29, 0.717) is 45.3 Å². The van der Waals surface area contributed by atoms with Crippen LogP contribution in [0.15, 0.2) is 152 Å². The lowest BCUT2D eigenvalue weighted by Crippen LogP contribution is -2.26. The molecular weight excluding hydrogens is 1060 g/mol. The molecule has 7 aromatic rings. The first kappa shape index (κ1) is 61.6. The maximum absolute atomic E-state index is 13.0. The molecule has 0 aliphatic heterocycles. The Labute approximate surface area is 466 Å². The molecule has 0 aliphatic carbocycles. The number of aromatic nitrogens is 3. The van der Waals surface area contributed by atoms with Crippen LogP contribution in [-0.2, 0) is 32.1 Å². The number of benzene rings is 5. The number of hydrogen-bond donors (Lipinski definition) is 3. The van der Waals surface area contributed by atoms with Crippen molar-refractivity contribution in [2.24, 2.45) is 0 Å². The van der Waals surface area contributed by atoms with E-state index in [1.54, 1.807) is 73.2 Å². The molecule has 0 spiro atoms. The van der Waals surface area contributed by atoms with Gasteiger partial charge in [-0.2, -0.15) is 26.3 Å². The summed E-state index contributed by atoms with van der Waals surface area (Å²) in [5.74, 6) is -0.723. The van der Waals surface area contributed by atoms with Gasteiger partial charge in [-0.05, 0) is 108 Å². The van der Waals surface area contributed by atoms with Crippen molar-refractivity contribution in [2.45, 2.75) is 103 Å². The minimum Gasteiger partial charge on any atom is -0.486 e. The topological polar surface area (TPSA) is 179 Å². The minimum absolute atomic E-state index is 0.0223. The quantitative estimate of drug-likeness (QED) is 0.0334. The second-order valence-corrected chi connectivity index (χ2v) is 19.8. The fourth-order valence-corrected chi connectivity index (χ4v) is 8.10. The van der Waals surface area contributed by atoms with Crippen molar-refractivity contribution in [3.05, 3.63) is 197 Å². The zero-order chi connectivity index (χ0) is 58.7. The molecule has 426 valence electrons. The molecule has 2 heterocycles. The fourth-order valence-electron chi connectivity index (χ4n) is 8.10. The van der Waals surface area contributed by atoms with Crippen molar-refractivity contribution in [2.75, 3.05) is 20.2 Å². The lowest BCUT2D eigenvalue weighted by Gasteiger charge is -2.23. The highest BCUT2D eigenvalue weighted by Gasteiger charge is 2.31. The summed E-state index contributed by atoms with van der Waals surface area (Å²) in [6, 6.07) is 34.4. The standard InChI is InChI=1S/C33H31F3N2O4.C29H32F3N3O4/c1-32(2,3)25-11-6-22(7-12-25)30(42-27-15-8-23(9-16-27)31(41)37-19-18-29(39)40)24-10-17-28(38-20-24)21-4-13-26(14-5-21)33(34,35)36;1-3-4-5-6-7-25(39-24-14-10-21(11-15-24)28(37)33-17-16-26(36)38-2)22-18-34-27(35-19-22)20-8-12-23(13-9-20)29(30,31)32/h4-17,20,30H,18-19H2,1-3H3,(H,37,41)(H,39,40);8-15,18-19,25H,3-7,16-17H2,1-2H3,(H,33,37). The van der Waals surface area contributed by atoms with Crippen LogP contribution in [0.3, 0.4) is 0 Å². The number of ether oxygens (including phenoxy) is 3. The molecular formula is C62H63F6N5O8. The Morgan fingerprint density at radius 1 is 0.543 bits per heavy atom. The molecule has 2 atom stereocenters. The highest BCUT2D eigenvalue weighted by Crippen LogP contribution is 2.35. The highest BCUT2D eigenvalue weighted by molar-refractivity contribution is 5.95. The number of halogens is 6. The number of carbonyl (C=O) groups is 4. The van der Waals surface area contributed by atoms with E-state index in [-0.39, 0.29) is 49.3 Å². The fraction of sp³-hybridized carbons (Fsp3) is 0.306. The molecule has 19 heteroatoms. The van der Waals surface area contributed by atoms with E-state index in [9.17, 15) is 45.5 Å². The second kappa shape index (κ2) is 28.5. The van der Waals surface area contributed by atoms with E-state index >= 15 is 0 Å². The number of carboxylic acid groups (broad SMARTS) is 1. The molecule has 3 N–H and O–H groups in total. The van der Waals surface area contributed by atoms with E-state index in [2.05, 4.69) is 58.0 Å². The molecule has 7 rings (SSSR count). The summed E-state index contributed by atoms with van der Waals surface area (Å²) >= 11 is 0. The molecule has 0 bridgehead atoms. The van der Waals surface area contributed by atoms with Gasteiger partial charge in [-0.1, -0.05) is 102 Å². The Morgan fingerprint density at radius 3 is 1.49 bits per heavy atom. The van der Waals surface area contributed by atoms with Gasteiger partial charge in [-0.15, -0.1) is 0 Å². The number of carboxylic acids is 1. The molecule has 2 aromatic heterocycles. The summed E-state index contributed by atoms with van der Waals surface area (Å²) in [6.07, 6.45) is -0.00675. The number of pyridine rings is 1. The molecule has 0 saturated heterocycles. The van der Waals surface area contributed by atoms with Gasteiger partial charge in [0.25, 0.3) is 11.8 Å². The van der Waals surface area contributed by atoms with Crippen LogP contribution in [0.25, 0.3) is 22.6 Å². The highest BCUT2D eigenvalue weighted by atomic mass is 19.4. The summed E-state index contributed by atoms with van der Waals surface area (Å²) in [4.78, 5) is 59.8. The molecule has 2 unspecified atom stereocenters. The monoisotopic (exact) mass is 1120 g/mol. The van der Waals surface area contributed by atoms with Crippen LogP contribution in [0, 0.1) is 0 Å². The predicted octanol–water partition coefficient (Wildman–Crippen LogP) is 14.0. The third-order valence-electron chi connectivity index (χ3n) is 12.7. The van der Waals surface area contributed by atoms with Gasteiger partial charge in [0.2, 0.25) is 0 Å². The van der Waals surface area contributed by atoms with Crippen LogP contribution in [0.4, 0.5) is 26.3 Å². The molecule has 0 saturated carbocycles. The largest absolute Gasteiger partial charge is 0.486 e. The van der Waals surface area contributed by atoms with Crippen LogP contribution < -0.4 is 20.1 Å². The Balaban J connectivity index is 0.000000262. The number of amides is 2. The van der Waals surface area contributed by atoms with E-state index in [4.69, 9.17) is 14.6 Å². The van der Waals surface area contributed by atoms with E-state index in [1.165, 1.54) is 31.4 Å². The van der Waals surface area contributed by atoms with E-state index < -0.39 is 41.5 Å². The van der Waals surface area contributed by atoms with Crippen molar-refractivity contribution < 1.29 is 64.8 Å². The average molecular weight is 1120 g/mol. The maximum Gasteiger partial charge on any atom is 0.416 e. The number of nitrogens with zero attached hydrogens (tertiary/aromatic N) is 3. The summed E-state index contributed by atoms with van der Waals surface area (Å²) in [5.41, 5.74) is 4.34. The molecule has 13 nitrogen and oxygen atoms in total. The smallest absolute Gasteiger partial charge is 0.416 e. The van der Waals surface area contributed by atoms with Gasteiger partial charge < -0.3 is 30.0 Å². The number of aliphatic carboxylic acids is 1. The number of alkyl halides is 6. The zero-order valence-corrected chi connectivity index (χ0v) is 45.4. The van der Waals surface area contributed by atoms with Crippen molar-refractivity contribution >= 4 is 23.8 Å². The number of carbonyl (C=O) groups excluding carboxylic acids is 3. The number of rotatable bonds is 22. The SMILES string of the molecule is CC(C)(C)c1ccc(C(Oc2ccc(C(=O)NCCC(=O)O)cc2)c2ccc(-c3ccc(C(F)(F)F)cc3)nc2)cc1.CCCCCCC(Oc1ccc(C(=O)NCCC(=O)OC)cc1)c1cnc(-c2ccc(C(F)(F)F)cc2)nc1. The third-order valence-corrected chi connectivity index (χ3v) is 12.7. The van der Waals surface area contributed by atoms with Crippen LogP contribution in [-0.4, -0.2) is 64.0 Å². The van der Waals surface area contributed by atoms with Gasteiger partial charge in [0.05, 0.1) is 36.8 Å². The summed E-state index contributed by atoms with van der Waals surface area (Å²) in [6.45, 7) is 8.70. The third kappa shape index (κ3) is 18.8. The maximum atomic E-state index is 13.0. The van der Waals surface area contributed by atoms with Crippen LogP contribution in [0.2, 0.25) is 0 Å². The van der Waals surface area contributed by atoms with Gasteiger partial charge in [-0.25, -0.2) is 9.97 Å². The number of unbranched alkanes of at least 4 members (excludes halogenated alkanes) is 3. The zero-order valence-electron chi connectivity index (χ0n) is 45.4. The van der Waals surface area contributed by atoms with E-state index in [0.717, 1.165) is 78.6 Å². The first-order valence-corrected chi connectivity index (χ1v) is 26.1. The van der Waals surface area contributed by atoms with E-state index in [1.807, 2.05) is 30.3 Å². The van der Waals surface area contributed by atoms with Gasteiger partial charge in [-0.3, -0.25) is 24.2 Å².